The van der Waals surface area contributed by atoms with Crippen molar-refractivity contribution >= 4 is 33.4 Å². The summed E-state index contributed by atoms with van der Waals surface area (Å²) in [6.07, 6.45) is -0.174. The number of ether oxygens (including phenoxy) is 1. The molecule has 22 heavy (non-hydrogen) atoms. The largest absolute Gasteiger partial charge is 0.443 e. The molecule has 0 aliphatic carbocycles. The summed E-state index contributed by atoms with van der Waals surface area (Å²) in [5.74, 6) is -0.0888. The topological polar surface area (TPSA) is 46.6 Å². The summed E-state index contributed by atoms with van der Waals surface area (Å²) in [6, 6.07) is 10.3. The van der Waals surface area contributed by atoms with Gasteiger partial charge in [0.05, 0.1) is 0 Å². The van der Waals surface area contributed by atoms with Crippen molar-refractivity contribution in [1.82, 2.24) is 4.90 Å². The van der Waals surface area contributed by atoms with Crippen molar-refractivity contribution in [3.05, 3.63) is 35.2 Å². The fraction of sp³-hybridized carbons (Fsp3) is 0.412. The molecule has 0 saturated carbocycles. The van der Waals surface area contributed by atoms with Gasteiger partial charge < -0.3 is 4.74 Å². The maximum Gasteiger partial charge on any atom is 0.417 e. The second-order valence-corrected chi connectivity index (χ2v) is 7.69. The monoisotopic (exact) mass is 317 g/mol. The predicted octanol–water partition coefficient (Wildman–Crippen LogP) is 4.15. The third kappa shape index (κ3) is 2.99. The summed E-state index contributed by atoms with van der Waals surface area (Å²) < 4.78 is 6.51. The van der Waals surface area contributed by atoms with Gasteiger partial charge in [-0.25, -0.2) is 9.69 Å². The molecule has 0 spiro atoms. The number of fused-ring (bicyclic) bond motifs is 1. The summed E-state index contributed by atoms with van der Waals surface area (Å²) in [6.45, 7) is 5.80. The van der Waals surface area contributed by atoms with Crippen LogP contribution in [0.15, 0.2) is 30.3 Å². The van der Waals surface area contributed by atoms with E-state index in [-0.39, 0.29) is 11.8 Å². The zero-order valence-corrected chi connectivity index (χ0v) is 13.8. The zero-order valence-electron chi connectivity index (χ0n) is 13.0. The number of amides is 2. The molecule has 1 atom stereocenters. The van der Waals surface area contributed by atoms with Crippen molar-refractivity contribution in [1.29, 1.82) is 0 Å². The van der Waals surface area contributed by atoms with Crippen molar-refractivity contribution in [3.8, 4) is 0 Å². The molecule has 1 aliphatic heterocycles. The number of benzene rings is 1. The van der Waals surface area contributed by atoms with Crippen LogP contribution >= 0.6 is 11.3 Å². The molecule has 2 aromatic rings. The Morgan fingerprint density at radius 1 is 1.32 bits per heavy atom. The number of likely N-dealkylation sites (tertiary alicyclic amines) is 1. The third-order valence-electron chi connectivity index (χ3n) is 3.59. The standard InChI is InChI=1S/C17H19NO3S/c1-17(2,3)21-16(20)18-10-12(9-15(18)19)14-8-11-6-4-5-7-13(11)22-14/h4-8,12H,9-10H2,1-3H3. The minimum absolute atomic E-state index is 0.0671. The first-order valence-electron chi connectivity index (χ1n) is 7.35. The van der Waals surface area contributed by atoms with Crippen LogP contribution < -0.4 is 0 Å². The summed E-state index contributed by atoms with van der Waals surface area (Å²) in [4.78, 5) is 26.6. The summed E-state index contributed by atoms with van der Waals surface area (Å²) in [5, 5.41) is 1.19. The van der Waals surface area contributed by atoms with Crippen molar-refractivity contribution in [2.24, 2.45) is 0 Å². The Morgan fingerprint density at radius 2 is 2.05 bits per heavy atom. The smallest absolute Gasteiger partial charge is 0.417 e. The lowest BCUT2D eigenvalue weighted by Crippen LogP contribution is -2.37. The van der Waals surface area contributed by atoms with E-state index in [1.165, 1.54) is 15.0 Å². The van der Waals surface area contributed by atoms with E-state index in [9.17, 15) is 9.59 Å². The van der Waals surface area contributed by atoms with Gasteiger partial charge in [-0.05, 0) is 38.3 Å². The Hall–Kier alpha value is -1.88. The van der Waals surface area contributed by atoms with Gasteiger partial charge >= 0.3 is 6.09 Å². The molecule has 1 aromatic heterocycles. The molecule has 3 rings (SSSR count). The third-order valence-corrected chi connectivity index (χ3v) is 4.86. The van der Waals surface area contributed by atoms with Crippen LogP contribution in [0.4, 0.5) is 4.79 Å². The first kappa shape index (κ1) is 15.0. The molecule has 2 amide bonds. The second kappa shape index (κ2) is 5.39. The first-order chi connectivity index (χ1) is 10.3. The summed E-state index contributed by atoms with van der Waals surface area (Å²) in [7, 11) is 0. The van der Waals surface area contributed by atoms with E-state index in [4.69, 9.17) is 4.74 Å². The average Bonchev–Trinajstić information content (AvgIpc) is 2.99. The fourth-order valence-electron chi connectivity index (χ4n) is 2.60. The highest BCUT2D eigenvalue weighted by molar-refractivity contribution is 7.19. The van der Waals surface area contributed by atoms with E-state index >= 15 is 0 Å². The van der Waals surface area contributed by atoms with Crippen LogP contribution in [0, 0.1) is 0 Å². The molecule has 1 aliphatic rings. The van der Waals surface area contributed by atoms with Gasteiger partial charge in [0.1, 0.15) is 5.60 Å². The van der Waals surface area contributed by atoms with Crippen molar-refractivity contribution in [2.45, 2.75) is 38.7 Å². The van der Waals surface area contributed by atoms with Crippen molar-refractivity contribution in [2.75, 3.05) is 6.54 Å². The minimum atomic E-state index is -0.590. The molecule has 0 radical (unpaired) electrons. The molecular weight excluding hydrogens is 298 g/mol. The van der Waals surface area contributed by atoms with E-state index in [2.05, 4.69) is 18.2 Å². The zero-order chi connectivity index (χ0) is 15.9. The number of nitrogens with zero attached hydrogens (tertiary/aromatic N) is 1. The Morgan fingerprint density at radius 3 is 2.73 bits per heavy atom. The number of imide groups is 1. The van der Waals surface area contributed by atoms with Gasteiger partial charge in [-0.3, -0.25) is 4.79 Å². The van der Waals surface area contributed by atoms with Crippen LogP contribution in [-0.4, -0.2) is 29.0 Å². The maximum atomic E-state index is 12.1. The van der Waals surface area contributed by atoms with Crippen LogP contribution in [0.5, 0.6) is 0 Å². The minimum Gasteiger partial charge on any atom is -0.443 e. The highest BCUT2D eigenvalue weighted by Crippen LogP contribution is 2.36. The van der Waals surface area contributed by atoms with Crippen molar-refractivity contribution in [3.63, 3.8) is 0 Å². The average molecular weight is 317 g/mol. The number of hydrogen-bond donors (Lipinski definition) is 0. The van der Waals surface area contributed by atoms with E-state index in [0.29, 0.717) is 13.0 Å². The van der Waals surface area contributed by atoms with Crippen LogP contribution in [0.2, 0.25) is 0 Å². The summed E-state index contributed by atoms with van der Waals surface area (Å²) in [5.41, 5.74) is -0.590. The normalized spacial score (nSPS) is 19.0. The van der Waals surface area contributed by atoms with Gasteiger partial charge in [-0.1, -0.05) is 18.2 Å². The Kier molecular flexibility index (Phi) is 3.68. The van der Waals surface area contributed by atoms with Crippen LogP contribution in [0.3, 0.4) is 0 Å². The van der Waals surface area contributed by atoms with Gasteiger partial charge in [-0.15, -0.1) is 11.3 Å². The highest BCUT2D eigenvalue weighted by Gasteiger charge is 2.37. The van der Waals surface area contributed by atoms with Gasteiger partial charge in [0.15, 0.2) is 0 Å². The quantitative estimate of drug-likeness (QED) is 0.793. The lowest BCUT2D eigenvalue weighted by Gasteiger charge is -2.23. The predicted molar refractivity (Wildman–Crippen MR) is 87.1 cm³/mol. The molecule has 2 heterocycles. The van der Waals surface area contributed by atoms with E-state index in [1.807, 2.05) is 12.1 Å². The summed E-state index contributed by atoms with van der Waals surface area (Å²) >= 11 is 1.69. The number of thiophene rings is 1. The Balaban J connectivity index is 1.78. The lowest BCUT2D eigenvalue weighted by molar-refractivity contribution is -0.126. The van der Waals surface area contributed by atoms with E-state index in [1.54, 1.807) is 32.1 Å². The van der Waals surface area contributed by atoms with Crippen LogP contribution in [0.25, 0.3) is 10.1 Å². The number of carbonyl (C=O) groups is 2. The molecule has 1 unspecified atom stereocenters. The maximum absolute atomic E-state index is 12.1. The Labute approximate surface area is 133 Å². The van der Waals surface area contributed by atoms with E-state index in [0.717, 1.165) is 4.88 Å². The molecule has 1 aromatic carbocycles. The first-order valence-corrected chi connectivity index (χ1v) is 8.17. The molecular formula is C17H19NO3S. The second-order valence-electron chi connectivity index (χ2n) is 6.57. The van der Waals surface area contributed by atoms with Gasteiger partial charge in [0.2, 0.25) is 5.91 Å². The van der Waals surface area contributed by atoms with Crippen LogP contribution in [0.1, 0.15) is 38.0 Å². The highest BCUT2D eigenvalue weighted by atomic mass is 32.1. The number of hydrogen-bond acceptors (Lipinski definition) is 4. The number of rotatable bonds is 1. The molecule has 5 heteroatoms. The molecule has 1 saturated heterocycles. The van der Waals surface area contributed by atoms with Crippen LogP contribution in [-0.2, 0) is 9.53 Å². The Bertz CT molecular complexity index is 696. The molecule has 0 bridgehead atoms. The molecule has 0 N–H and O–H groups in total. The molecule has 4 nitrogen and oxygen atoms in total. The number of carbonyl (C=O) groups excluding carboxylic acids is 2. The van der Waals surface area contributed by atoms with Crippen molar-refractivity contribution < 1.29 is 14.3 Å². The SMILES string of the molecule is CC(C)(C)OC(=O)N1CC(c2cc3ccccc3s2)CC1=O. The molecule has 116 valence electrons. The van der Waals surface area contributed by atoms with Gasteiger partial charge in [0, 0.05) is 28.5 Å². The lowest BCUT2D eigenvalue weighted by atomic mass is 10.1. The van der Waals surface area contributed by atoms with E-state index < -0.39 is 11.7 Å². The molecule has 1 fully saturated rings. The van der Waals surface area contributed by atoms with Gasteiger partial charge in [0.25, 0.3) is 0 Å². The van der Waals surface area contributed by atoms with Gasteiger partial charge in [-0.2, -0.15) is 0 Å². The fourth-order valence-corrected chi connectivity index (χ4v) is 3.75.